The first kappa shape index (κ1) is 27.5. The van der Waals surface area contributed by atoms with Crippen molar-refractivity contribution >= 4 is 12.1 Å². The van der Waals surface area contributed by atoms with E-state index in [4.69, 9.17) is 18.9 Å². The molecule has 4 aromatic rings. The van der Waals surface area contributed by atoms with Crippen LogP contribution >= 0.6 is 0 Å². The molecular formula is C33H32O6. The topological polar surface area (TPSA) is 71.1 Å². The van der Waals surface area contributed by atoms with Crippen LogP contribution in [0.1, 0.15) is 43.0 Å². The standard InChI is InChI=1S/C33H32O6/c1-21-19-24(7-17-30(21)37-23(3)34)25-8-18-31(22(2)20-25)39-32(35)38-29-15-11-27(12-16-29)33(4,5)26-9-13-28(36-6)14-10-26/h7-20H,1-6H3. The maximum atomic E-state index is 12.5. The zero-order valence-corrected chi connectivity index (χ0v) is 23.0. The summed E-state index contributed by atoms with van der Waals surface area (Å²) in [5.41, 5.74) is 5.51. The highest BCUT2D eigenvalue weighted by molar-refractivity contribution is 5.73. The number of benzene rings is 4. The molecule has 4 aromatic carbocycles. The number of carbonyl (C=O) groups is 2. The molecule has 0 heterocycles. The average molecular weight is 525 g/mol. The zero-order chi connectivity index (χ0) is 28.2. The summed E-state index contributed by atoms with van der Waals surface area (Å²) in [4.78, 5) is 23.8. The molecule has 0 bridgehead atoms. The number of hydrogen-bond donors (Lipinski definition) is 0. The van der Waals surface area contributed by atoms with Crippen molar-refractivity contribution in [2.75, 3.05) is 7.11 Å². The van der Waals surface area contributed by atoms with Gasteiger partial charge in [-0.1, -0.05) is 50.2 Å². The van der Waals surface area contributed by atoms with Crippen LogP contribution in [0, 0.1) is 13.8 Å². The molecular weight excluding hydrogens is 492 g/mol. The van der Waals surface area contributed by atoms with E-state index in [1.165, 1.54) is 6.92 Å². The summed E-state index contributed by atoms with van der Waals surface area (Å²) in [6, 6.07) is 26.5. The van der Waals surface area contributed by atoms with E-state index >= 15 is 0 Å². The van der Waals surface area contributed by atoms with Crippen LogP contribution < -0.4 is 18.9 Å². The molecule has 0 fully saturated rings. The fraction of sp³-hybridized carbons (Fsp3) is 0.212. The average Bonchev–Trinajstić information content (AvgIpc) is 2.91. The Morgan fingerprint density at radius 3 is 1.51 bits per heavy atom. The second-order valence-corrected chi connectivity index (χ2v) is 9.89. The van der Waals surface area contributed by atoms with Crippen LogP contribution in [-0.4, -0.2) is 19.2 Å². The van der Waals surface area contributed by atoms with E-state index in [2.05, 4.69) is 13.8 Å². The summed E-state index contributed by atoms with van der Waals surface area (Å²) in [6.07, 6.45) is -0.811. The Kier molecular flexibility index (Phi) is 8.05. The molecule has 0 N–H and O–H groups in total. The Hall–Kier alpha value is -4.58. The predicted molar refractivity (Wildman–Crippen MR) is 151 cm³/mol. The molecule has 0 unspecified atom stereocenters. The third-order valence-corrected chi connectivity index (χ3v) is 6.72. The first-order valence-corrected chi connectivity index (χ1v) is 12.6. The van der Waals surface area contributed by atoms with E-state index in [1.807, 2.05) is 74.5 Å². The molecule has 0 saturated carbocycles. The summed E-state index contributed by atoms with van der Waals surface area (Å²) in [6.45, 7) is 9.40. The molecule has 0 spiro atoms. The Labute approximate surface area is 229 Å². The SMILES string of the molecule is COc1ccc(C(C)(C)c2ccc(OC(=O)Oc3ccc(-c4ccc(OC(C)=O)c(C)c4)cc3C)cc2)cc1. The number of methoxy groups -OCH3 is 1. The van der Waals surface area contributed by atoms with E-state index in [9.17, 15) is 9.59 Å². The van der Waals surface area contributed by atoms with Gasteiger partial charge in [0.15, 0.2) is 0 Å². The van der Waals surface area contributed by atoms with Crippen LogP contribution in [0.5, 0.6) is 23.0 Å². The smallest absolute Gasteiger partial charge is 0.497 e. The van der Waals surface area contributed by atoms with E-state index in [-0.39, 0.29) is 11.4 Å². The maximum Gasteiger partial charge on any atom is 0.519 e. The summed E-state index contributed by atoms with van der Waals surface area (Å²) in [5, 5.41) is 0. The Bertz CT molecular complexity index is 1480. The minimum Gasteiger partial charge on any atom is -0.497 e. The Morgan fingerprint density at radius 1 is 0.615 bits per heavy atom. The lowest BCUT2D eigenvalue weighted by molar-refractivity contribution is -0.131. The van der Waals surface area contributed by atoms with Gasteiger partial charge in [0.1, 0.15) is 23.0 Å². The highest BCUT2D eigenvalue weighted by Crippen LogP contribution is 2.34. The number of hydrogen-bond acceptors (Lipinski definition) is 6. The molecule has 200 valence electrons. The lowest BCUT2D eigenvalue weighted by atomic mass is 9.78. The fourth-order valence-corrected chi connectivity index (χ4v) is 4.36. The second kappa shape index (κ2) is 11.4. The van der Waals surface area contributed by atoms with Gasteiger partial charge in [-0.05, 0) is 95.8 Å². The van der Waals surface area contributed by atoms with Crippen molar-refractivity contribution in [3.05, 3.63) is 107 Å². The van der Waals surface area contributed by atoms with Gasteiger partial charge in [-0.25, -0.2) is 4.79 Å². The largest absolute Gasteiger partial charge is 0.519 e. The summed E-state index contributed by atoms with van der Waals surface area (Å²) >= 11 is 0. The molecule has 39 heavy (non-hydrogen) atoms. The lowest BCUT2D eigenvalue weighted by Crippen LogP contribution is -2.19. The molecule has 6 heteroatoms. The van der Waals surface area contributed by atoms with Crippen LogP contribution in [0.15, 0.2) is 84.9 Å². The van der Waals surface area contributed by atoms with Crippen molar-refractivity contribution in [3.8, 4) is 34.1 Å². The van der Waals surface area contributed by atoms with Crippen LogP contribution in [0.3, 0.4) is 0 Å². The lowest BCUT2D eigenvalue weighted by Gasteiger charge is -2.26. The Balaban J connectivity index is 1.41. The summed E-state index contributed by atoms with van der Waals surface area (Å²) in [7, 11) is 1.65. The van der Waals surface area contributed by atoms with E-state index in [0.29, 0.717) is 17.2 Å². The highest BCUT2D eigenvalue weighted by Gasteiger charge is 2.23. The van der Waals surface area contributed by atoms with E-state index < -0.39 is 6.16 Å². The molecule has 0 amide bonds. The minimum atomic E-state index is -0.811. The predicted octanol–water partition coefficient (Wildman–Crippen LogP) is 7.81. The van der Waals surface area contributed by atoms with Crippen LogP contribution in [0.4, 0.5) is 4.79 Å². The summed E-state index contributed by atoms with van der Waals surface area (Å²) < 4.78 is 21.4. The maximum absolute atomic E-state index is 12.5. The number of aryl methyl sites for hydroxylation is 2. The molecule has 6 nitrogen and oxygen atoms in total. The molecule has 4 rings (SSSR count). The quantitative estimate of drug-likeness (QED) is 0.139. The molecule has 0 aliphatic heterocycles. The molecule has 0 aliphatic carbocycles. The van der Waals surface area contributed by atoms with E-state index in [0.717, 1.165) is 39.1 Å². The van der Waals surface area contributed by atoms with Crippen molar-refractivity contribution in [1.82, 2.24) is 0 Å². The van der Waals surface area contributed by atoms with Crippen LogP contribution in [0.25, 0.3) is 11.1 Å². The number of carbonyl (C=O) groups excluding carboxylic acids is 2. The minimum absolute atomic E-state index is 0.247. The normalized spacial score (nSPS) is 11.0. The van der Waals surface area contributed by atoms with Crippen molar-refractivity contribution in [1.29, 1.82) is 0 Å². The zero-order valence-electron chi connectivity index (χ0n) is 23.0. The molecule has 0 radical (unpaired) electrons. The first-order chi connectivity index (χ1) is 18.6. The monoisotopic (exact) mass is 524 g/mol. The molecule has 0 aliphatic rings. The second-order valence-electron chi connectivity index (χ2n) is 9.89. The first-order valence-electron chi connectivity index (χ1n) is 12.6. The Morgan fingerprint density at radius 2 is 1.08 bits per heavy atom. The van der Waals surface area contributed by atoms with Gasteiger partial charge in [-0.3, -0.25) is 4.79 Å². The van der Waals surface area contributed by atoms with Gasteiger partial charge in [0.05, 0.1) is 7.11 Å². The van der Waals surface area contributed by atoms with E-state index in [1.54, 1.807) is 31.4 Å². The van der Waals surface area contributed by atoms with Gasteiger partial charge in [-0.15, -0.1) is 0 Å². The third-order valence-electron chi connectivity index (χ3n) is 6.72. The third kappa shape index (κ3) is 6.47. The van der Waals surface area contributed by atoms with Crippen LogP contribution in [-0.2, 0) is 10.2 Å². The van der Waals surface area contributed by atoms with Gasteiger partial charge < -0.3 is 18.9 Å². The van der Waals surface area contributed by atoms with Gasteiger partial charge >= 0.3 is 12.1 Å². The van der Waals surface area contributed by atoms with Crippen molar-refractivity contribution in [2.45, 2.75) is 40.0 Å². The number of esters is 1. The van der Waals surface area contributed by atoms with Gasteiger partial charge in [-0.2, -0.15) is 0 Å². The van der Waals surface area contributed by atoms with Gasteiger partial charge in [0.25, 0.3) is 0 Å². The van der Waals surface area contributed by atoms with Gasteiger partial charge in [0, 0.05) is 12.3 Å². The molecule has 0 aromatic heterocycles. The van der Waals surface area contributed by atoms with Crippen molar-refractivity contribution in [2.24, 2.45) is 0 Å². The van der Waals surface area contributed by atoms with Gasteiger partial charge in [0.2, 0.25) is 0 Å². The fourth-order valence-electron chi connectivity index (χ4n) is 4.36. The van der Waals surface area contributed by atoms with Crippen molar-refractivity contribution < 1.29 is 28.5 Å². The number of rotatable bonds is 7. The molecule has 0 atom stereocenters. The highest BCUT2D eigenvalue weighted by atomic mass is 16.7. The van der Waals surface area contributed by atoms with Crippen molar-refractivity contribution in [3.63, 3.8) is 0 Å². The summed E-state index contributed by atoms with van der Waals surface area (Å²) in [5.74, 6) is 1.79. The molecule has 0 saturated heterocycles. The number of ether oxygens (including phenoxy) is 4. The van der Waals surface area contributed by atoms with Crippen LogP contribution in [0.2, 0.25) is 0 Å².